The van der Waals surface area contributed by atoms with Crippen LogP contribution in [0.15, 0.2) is 4.99 Å². The van der Waals surface area contributed by atoms with E-state index in [0.29, 0.717) is 0 Å². The lowest BCUT2D eigenvalue weighted by molar-refractivity contribution is 0.257. The van der Waals surface area contributed by atoms with Crippen LogP contribution in [0.4, 0.5) is 4.79 Å². The second-order valence-corrected chi connectivity index (χ2v) is 2.15. The van der Waals surface area contributed by atoms with Crippen molar-refractivity contribution in [2.24, 2.45) is 10.7 Å². The zero-order chi connectivity index (χ0) is 6.41. The van der Waals surface area contributed by atoms with Gasteiger partial charge >= 0.3 is 6.03 Å². The van der Waals surface area contributed by atoms with Crippen LogP contribution in [0.2, 0.25) is 0 Å². The van der Waals surface area contributed by atoms with Crippen LogP contribution in [0.5, 0.6) is 0 Å². The lowest BCUT2D eigenvalue weighted by atomic mass is 11.0. The van der Waals surface area contributed by atoms with Gasteiger partial charge in [-0.3, -0.25) is 0 Å². The maximum atomic E-state index is 9.89. The largest absolute Gasteiger partial charge is 0.350 e. The first-order chi connectivity index (χ1) is 3.77. The van der Waals surface area contributed by atoms with E-state index in [1.165, 1.54) is 17.3 Å². The van der Waals surface area contributed by atoms with E-state index in [4.69, 9.17) is 0 Å². The van der Waals surface area contributed by atoms with E-state index in [0.717, 1.165) is 5.75 Å². The molecular formula is C4H8N2OS. The smallest absolute Gasteiger partial charge is 0.338 e. The number of hydrogen-bond donors (Lipinski definition) is 1. The fourth-order valence-electron chi connectivity index (χ4n) is 0.164. The Hall–Kier alpha value is -0.510. The number of amides is 2. The molecule has 0 aliphatic carbocycles. The van der Waals surface area contributed by atoms with E-state index in [-0.39, 0.29) is 0 Å². The van der Waals surface area contributed by atoms with Crippen LogP contribution in [-0.4, -0.2) is 17.3 Å². The third kappa shape index (κ3) is 5.49. The summed E-state index contributed by atoms with van der Waals surface area (Å²) in [7, 11) is 0. The van der Waals surface area contributed by atoms with Crippen LogP contribution in [-0.2, 0) is 0 Å². The van der Waals surface area contributed by atoms with Crippen LogP contribution < -0.4 is 5.73 Å². The molecule has 0 unspecified atom stereocenters. The number of carbonyl (C=O) groups excluding carboxylic acids is 1. The van der Waals surface area contributed by atoms with Crippen molar-refractivity contribution < 1.29 is 4.79 Å². The number of thioether (sulfide) groups is 1. The monoisotopic (exact) mass is 132 g/mol. The quantitative estimate of drug-likeness (QED) is 0.447. The molecule has 0 saturated heterocycles. The minimum atomic E-state index is -0.633. The maximum Gasteiger partial charge on any atom is 0.338 e. The van der Waals surface area contributed by atoms with Gasteiger partial charge < -0.3 is 5.73 Å². The molecule has 2 amide bonds. The molecule has 2 N–H and O–H groups in total. The molecule has 0 aromatic carbocycles. The highest BCUT2D eigenvalue weighted by Gasteiger charge is 1.79. The normalized spacial score (nSPS) is 10.1. The molecule has 46 valence electrons. The highest BCUT2D eigenvalue weighted by Crippen LogP contribution is 1.90. The number of primary amides is 1. The SMILES string of the molecule is CCSC=NC(N)=O. The summed E-state index contributed by atoms with van der Waals surface area (Å²) in [6, 6.07) is -0.633. The predicted octanol–water partition coefficient (Wildman–Crippen LogP) is 0.847. The molecule has 8 heavy (non-hydrogen) atoms. The minimum Gasteiger partial charge on any atom is -0.350 e. The molecule has 0 heterocycles. The molecule has 0 rings (SSSR count). The molecule has 0 bridgehead atoms. The summed E-state index contributed by atoms with van der Waals surface area (Å²) in [5.41, 5.74) is 6.13. The Labute approximate surface area is 52.4 Å². The third-order valence-corrected chi connectivity index (χ3v) is 1.01. The van der Waals surface area contributed by atoms with Crippen LogP contribution >= 0.6 is 11.8 Å². The van der Waals surface area contributed by atoms with Crippen molar-refractivity contribution in [3.05, 3.63) is 0 Å². The molecule has 0 aliphatic rings. The summed E-state index contributed by atoms with van der Waals surface area (Å²) < 4.78 is 0. The number of aliphatic imine (C=N–C) groups is 1. The number of urea groups is 1. The Balaban J connectivity index is 3.20. The first kappa shape index (κ1) is 7.49. The molecule has 0 radical (unpaired) electrons. The predicted molar refractivity (Wildman–Crippen MR) is 36.2 cm³/mol. The van der Waals surface area contributed by atoms with Crippen molar-refractivity contribution in [3.8, 4) is 0 Å². The molecule has 0 fully saturated rings. The lowest BCUT2D eigenvalue weighted by Gasteiger charge is -1.80. The van der Waals surface area contributed by atoms with Gasteiger partial charge in [-0.25, -0.2) is 4.79 Å². The van der Waals surface area contributed by atoms with E-state index in [1.54, 1.807) is 0 Å². The number of nitrogens with zero attached hydrogens (tertiary/aromatic N) is 1. The molecule has 0 spiro atoms. The first-order valence-electron chi connectivity index (χ1n) is 2.21. The zero-order valence-electron chi connectivity index (χ0n) is 4.63. The molecule has 0 aromatic heterocycles. The van der Waals surface area contributed by atoms with Gasteiger partial charge in [0.1, 0.15) is 0 Å². The fourth-order valence-corrected chi connectivity index (χ4v) is 0.491. The Kier molecular flexibility index (Phi) is 4.35. The summed E-state index contributed by atoms with van der Waals surface area (Å²) >= 11 is 1.44. The number of carbonyl (C=O) groups is 1. The third-order valence-electron chi connectivity index (χ3n) is 0.421. The number of hydrogen-bond acceptors (Lipinski definition) is 2. The molecule has 0 saturated carbocycles. The van der Waals surface area contributed by atoms with Gasteiger partial charge in [-0.05, 0) is 5.75 Å². The van der Waals surface area contributed by atoms with Gasteiger partial charge in [0.05, 0.1) is 5.55 Å². The summed E-state index contributed by atoms with van der Waals surface area (Å²) in [6.07, 6.45) is 0. The van der Waals surface area contributed by atoms with Gasteiger partial charge in [-0.2, -0.15) is 4.99 Å². The molecule has 0 aliphatic heterocycles. The molecule has 0 aromatic rings. The van der Waals surface area contributed by atoms with Gasteiger partial charge in [0, 0.05) is 0 Å². The highest BCUT2D eigenvalue weighted by molar-refractivity contribution is 8.12. The van der Waals surface area contributed by atoms with Crippen LogP contribution in [0.25, 0.3) is 0 Å². The second kappa shape index (κ2) is 4.64. The Bertz CT molecular complexity index is 102. The Morgan fingerprint density at radius 1 is 2.00 bits per heavy atom. The van der Waals surface area contributed by atoms with Crippen LogP contribution in [0.1, 0.15) is 6.92 Å². The van der Waals surface area contributed by atoms with Crippen molar-refractivity contribution >= 4 is 23.3 Å². The van der Waals surface area contributed by atoms with Gasteiger partial charge in [0.25, 0.3) is 0 Å². The van der Waals surface area contributed by atoms with Gasteiger partial charge in [-0.15, -0.1) is 11.8 Å². The summed E-state index contributed by atoms with van der Waals surface area (Å²) in [5.74, 6) is 0.913. The van der Waals surface area contributed by atoms with E-state index in [9.17, 15) is 4.79 Å². The number of rotatable bonds is 2. The highest BCUT2D eigenvalue weighted by atomic mass is 32.2. The van der Waals surface area contributed by atoms with Gasteiger partial charge in [0.2, 0.25) is 0 Å². The molecular weight excluding hydrogens is 124 g/mol. The average molecular weight is 132 g/mol. The molecule has 0 atom stereocenters. The molecule has 4 heteroatoms. The van der Waals surface area contributed by atoms with E-state index in [1.807, 2.05) is 6.92 Å². The summed E-state index contributed by atoms with van der Waals surface area (Å²) in [4.78, 5) is 13.2. The lowest BCUT2D eigenvalue weighted by Crippen LogP contribution is -2.02. The van der Waals surface area contributed by atoms with Crippen molar-refractivity contribution in [3.63, 3.8) is 0 Å². The average Bonchev–Trinajstić information content (AvgIpc) is 1.66. The summed E-state index contributed by atoms with van der Waals surface area (Å²) in [6.45, 7) is 1.97. The van der Waals surface area contributed by atoms with E-state index >= 15 is 0 Å². The van der Waals surface area contributed by atoms with Crippen molar-refractivity contribution in [2.75, 3.05) is 5.75 Å². The van der Waals surface area contributed by atoms with Crippen molar-refractivity contribution in [1.29, 1.82) is 0 Å². The fraction of sp³-hybridized carbons (Fsp3) is 0.500. The minimum absolute atomic E-state index is 0.633. The Morgan fingerprint density at radius 2 is 2.62 bits per heavy atom. The Morgan fingerprint density at radius 3 is 3.00 bits per heavy atom. The van der Waals surface area contributed by atoms with Crippen molar-refractivity contribution in [2.45, 2.75) is 6.92 Å². The van der Waals surface area contributed by atoms with Crippen molar-refractivity contribution in [1.82, 2.24) is 0 Å². The topological polar surface area (TPSA) is 55.4 Å². The summed E-state index contributed by atoms with van der Waals surface area (Å²) in [5, 5.41) is 0. The van der Waals surface area contributed by atoms with Gasteiger partial charge in [0.15, 0.2) is 0 Å². The number of nitrogens with two attached hydrogens (primary N) is 1. The standard InChI is InChI=1S/C4H8N2OS/c1-2-8-3-6-4(5)7/h3H,2H2,1H3,(H2,5,7). The van der Waals surface area contributed by atoms with E-state index in [2.05, 4.69) is 10.7 Å². The van der Waals surface area contributed by atoms with Gasteiger partial charge in [-0.1, -0.05) is 6.92 Å². The maximum absolute atomic E-state index is 9.89. The van der Waals surface area contributed by atoms with Crippen LogP contribution in [0.3, 0.4) is 0 Å². The molecule has 3 nitrogen and oxygen atoms in total. The zero-order valence-corrected chi connectivity index (χ0v) is 5.44. The second-order valence-electron chi connectivity index (χ2n) is 1.03. The van der Waals surface area contributed by atoms with E-state index < -0.39 is 6.03 Å². The van der Waals surface area contributed by atoms with Crippen LogP contribution in [0, 0.1) is 0 Å². The first-order valence-corrected chi connectivity index (χ1v) is 3.25.